The van der Waals surface area contributed by atoms with Gasteiger partial charge in [0.15, 0.2) is 0 Å². The number of nitrogens with zero attached hydrogens (tertiary/aromatic N) is 3. The minimum absolute atomic E-state index is 0.0671. The number of aromatic nitrogens is 2. The van der Waals surface area contributed by atoms with Gasteiger partial charge in [0, 0.05) is 19.1 Å². The van der Waals surface area contributed by atoms with E-state index in [1.807, 2.05) is 16.4 Å². The molecule has 1 aliphatic rings. The van der Waals surface area contributed by atoms with E-state index < -0.39 is 0 Å². The van der Waals surface area contributed by atoms with Crippen molar-refractivity contribution in [3.63, 3.8) is 0 Å². The second kappa shape index (κ2) is 5.68. The molecule has 0 aliphatic carbocycles. The highest BCUT2D eigenvalue weighted by Gasteiger charge is 2.23. The molecule has 3 rings (SSSR count). The maximum atomic E-state index is 13.4. The Bertz CT molecular complexity index is 684. The smallest absolute Gasteiger partial charge is 0.246 e. The molecule has 1 aliphatic heterocycles. The molecule has 0 atom stereocenters. The molecule has 1 fully saturated rings. The van der Waals surface area contributed by atoms with Gasteiger partial charge >= 0.3 is 0 Å². The topological polar surface area (TPSA) is 38.1 Å². The number of fused-ring (bicyclic) bond motifs is 1. The third kappa shape index (κ3) is 2.68. The van der Waals surface area contributed by atoms with Crippen LogP contribution >= 0.6 is 0 Å². The van der Waals surface area contributed by atoms with Gasteiger partial charge in [-0.25, -0.2) is 9.37 Å². The number of piperidine rings is 1. The average molecular weight is 287 g/mol. The molecule has 5 heteroatoms. The zero-order valence-corrected chi connectivity index (χ0v) is 12.0. The first-order valence-corrected chi connectivity index (χ1v) is 7.22. The molecule has 21 heavy (non-hydrogen) atoms. The average Bonchev–Trinajstić information content (AvgIpc) is 2.90. The zero-order valence-electron chi connectivity index (χ0n) is 12.0. The van der Waals surface area contributed by atoms with Gasteiger partial charge in [-0.2, -0.15) is 0 Å². The zero-order chi connectivity index (χ0) is 14.8. The number of carbonyl (C=O) groups is 1. The summed E-state index contributed by atoms with van der Waals surface area (Å²) in [7, 11) is 0. The van der Waals surface area contributed by atoms with Crippen molar-refractivity contribution in [2.24, 2.45) is 0 Å². The van der Waals surface area contributed by atoms with Gasteiger partial charge in [-0.05, 0) is 44.0 Å². The molecule has 1 saturated heterocycles. The minimum atomic E-state index is -0.245. The Kier molecular flexibility index (Phi) is 3.73. The van der Waals surface area contributed by atoms with Gasteiger partial charge in [0.25, 0.3) is 0 Å². The molecule has 1 amide bonds. The van der Waals surface area contributed by atoms with Crippen LogP contribution in [-0.4, -0.2) is 33.4 Å². The highest BCUT2D eigenvalue weighted by Crippen LogP contribution is 2.27. The summed E-state index contributed by atoms with van der Waals surface area (Å²) in [5.41, 5.74) is 1.64. The lowest BCUT2D eigenvalue weighted by Crippen LogP contribution is -2.38. The lowest BCUT2D eigenvalue weighted by Gasteiger charge is -2.32. The molecular formula is C16H18FN3O. The first-order chi connectivity index (χ1) is 10.2. The first-order valence-electron chi connectivity index (χ1n) is 7.22. The van der Waals surface area contributed by atoms with Crippen molar-refractivity contribution in [2.75, 3.05) is 13.1 Å². The third-order valence-electron chi connectivity index (χ3n) is 4.02. The van der Waals surface area contributed by atoms with Crippen LogP contribution in [-0.2, 0) is 4.79 Å². The predicted octanol–water partition coefficient (Wildman–Crippen LogP) is 2.92. The Morgan fingerprint density at radius 2 is 2.14 bits per heavy atom. The van der Waals surface area contributed by atoms with Crippen molar-refractivity contribution in [2.45, 2.75) is 25.8 Å². The maximum absolute atomic E-state index is 13.4. The SMILES string of the molecule is C/C=C/C(=O)N1CCC(n2cnc3ccc(F)cc32)CC1. The Morgan fingerprint density at radius 3 is 2.86 bits per heavy atom. The lowest BCUT2D eigenvalue weighted by molar-refractivity contribution is -0.127. The predicted molar refractivity (Wildman–Crippen MR) is 79.4 cm³/mol. The molecule has 110 valence electrons. The largest absolute Gasteiger partial charge is 0.339 e. The van der Waals surface area contributed by atoms with Crippen molar-refractivity contribution in [3.8, 4) is 0 Å². The van der Waals surface area contributed by atoms with Crippen molar-refractivity contribution < 1.29 is 9.18 Å². The second-order valence-electron chi connectivity index (χ2n) is 5.34. The van der Waals surface area contributed by atoms with E-state index in [0.29, 0.717) is 0 Å². The van der Waals surface area contributed by atoms with Gasteiger partial charge in [-0.3, -0.25) is 4.79 Å². The second-order valence-corrected chi connectivity index (χ2v) is 5.34. The van der Waals surface area contributed by atoms with Crippen LogP contribution in [0.25, 0.3) is 11.0 Å². The van der Waals surface area contributed by atoms with Crippen LogP contribution in [0.4, 0.5) is 4.39 Å². The minimum Gasteiger partial charge on any atom is -0.339 e. The Labute approximate surface area is 122 Å². The summed E-state index contributed by atoms with van der Waals surface area (Å²) in [5, 5.41) is 0. The van der Waals surface area contributed by atoms with Gasteiger partial charge < -0.3 is 9.47 Å². The molecule has 0 N–H and O–H groups in total. The number of halogens is 1. The lowest BCUT2D eigenvalue weighted by atomic mass is 10.0. The number of allylic oxidation sites excluding steroid dienone is 1. The van der Waals surface area contributed by atoms with E-state index in [0.717, 1.165) is 37.0 Å². The molecule has 2 heterocycles. The maximum Gasteiger partial charge on any atom is 0.246 e. The van der Waals surface area contributed by atoms with Gasteiger partial charge in [-0.15, -0.1) is 0 Å². The number of imidazole rings is 1. The monoisotopic (exact) mass is 287 g/mol. The van der Waals surface area contributed by atoms with E-state index in [-0.39, 0.29) is 17.8 Å². The Hall–Kier alpha value is -2.17. The number of hydrogen-bond acceptors (Lipinski definition) is 2. The summed E-state index contributed by atoms with van der Waals surface area (Å²) >= 11 is 0. The molecule has 2 aromatic rings. The summed E-state index contributed by atoms with van der Waals surface area (Å²) in [6.45, 7) is 3.29. The fourth-order valence-corrected chi connectivity index (χ4v) is 2.90. The van der Waals surface area contributed by atoms with Crippen LogP contribution < -0.4 is 0 Å². The molecule has 1 aromatic carbocycles. The van der Waals surface area contributed by atoms with Crippen LogP contribution in [0.2, 0.25) is 0 Å². The quantitative estimate of drug-likeness (QED) is 0.797. The Morgan fingerprint density at radius 1 is 1.38 bits per heavy atom. The van der Waals surface area contributed by atoms with Crippen LogP contribution in [0.5, 0.6) is 0 Å². The number of carbonyl (C=O) groups excluding carboxylic acids is 1. The highest BCUT2D eigenvalue weighted by atomic mass is 19.1. The van der Waals surface area contributed by atoms with Crippen LogP contribution in [0.1, 0.15) is 25.8 Å². The number of hydrogen-bond donors (Lipinski definition) is 0. The number of benzene rings is 1. The summed E-state index contributed by atoms with van der Waals surface area (Å²) in [6, 6.07) is 4.93. The fourth-order valence-electron chi connectivity index (χ4n) is 2.90. The Balaban J connectivity index is 1.77. The number of rotatable bonds is 2. The summed E-state index contributed by atoms with van der Waals surface area (Å²) in [4.78, 5) is 18.0. The van der Waals surface area contributed by atoms with E-state index >= 15 is 0 Å². The number of amides is 1. The van der Waals surface area contributed by atoms with Gasteiger partial charge in [0.05, 0.1) is 17.4 Å². The van der Waals surface area contributed by atoms with E-state index in [1.165, 1.54) is 12.1 Å². The van der Waals surface area contributed by atoms with Crippen molar-refractivity contribution in [1.82, 2.24) is 14.5 Å². The summed E-state index contributed by atoms with van der Waals surface area (Å²) < 4.78 is 15.5. The standard InChI is InChI=1S/C16H18FN3O/c1-2-3-16(21)19-8-6-13(7-9-19)20-11-18-14-5-4-12(17)10-15(14)20/h2-5,10-11,13H,6-9H2,1H3/b3-2+. The number of likely N-dealkylation sites (tertiary alicyclic amines) is 1. The molecule has 0 spiro atoms. The molecular weight excluding hydrogens is 269 g/mol. The van der Waals surface area contributed by atoms with Gasteiger partial charge in [0.1, 0.15) is 5.82 Å². The first kappa shape index (κ1) is 13.8. The molecule has 0 bridgehead atoms. The summed E-state index contributed by atoms with van der Waals surface area (Å²) in [6.07, 6.45) is 6.87. The van der Waals surface area contributed by atoms with Gasteiger partial charge in [-0.1, -0.05) is 6.08 Å². The molecule has 4 nitrogen and oxygen atoms in total. The van der Waals surface area contributed by atoms with Crippen LogP contribution in [0, 0.1) is 5.82 Å². The highest BCUT2D eigenvalue weighted by molar-refractivity contribution is 5.87. The molecule has 1 aromatic heterocycles. The van der Waals surface area contributed by atoms with E-state index in [9.17, 15) is 9.18 Å². The molecule has 0 unspecified atom stereocenters. The molecule has 0 saturated carbocycles. The van der Waals surface area contributed by atoms with E-state index in [4.69, 9.17) is 0 Å². The molecule has 0 radical (unpaired) electrons. The van der Waals surface area contributed by atoms with Crippen LogP contribution in [0.3, 0.4) is 0 Å². The van der Waals surface area contributed by atoms with Crippen molar-refractivity contribution in [3.05, 3.63) is 42.5 Å². The van der Waals surface area contributed by atoms with Crippen molar-refractivity contribution in [1.29, 1.82) is 0 Å². The van der Waals surface area contributed by atoms with Crippen molar-refractivity contribution >= 4 is 16.9 Å². The fraction of sp³-hybridized carbons (Fsp3) is 0.375. The normalized spacial score (nSPS) is 17.0. The van der Waals surface area contributed by atoms with Gasteiger partial charge in [0.2, 0.25) is 5.91 Å². The van der Waals surface area contributed by atoms with Crippen LogP contribution in [0.15, 0.2) is 36.7 Å². The summed E-state index contributed by atoms with van der Waals surface area (Å²) in [5.74, 6) is -0.178. The third-order valence-corrected chi connectivity index (χ3v) is 4.02. The van der Waals surface area contributed by atoms with E-state index in [1.54, 1.807) is 24.5 Å². The van der Waals surface area contributed by atoms with E-state index in [2.05, 4.69) is 4.98 Å².